The second kappa shape index (κ2) is 4.86. The molecule has 0 unspecified atom stereocenters. The number of nitrogen functional groups attached to an aromatic ring is 1. The van der Waals surface area contributed by atoms with Crippen LogP contribution in [0.1, 0.15) is 6.92 Å². The van der Waals surface area contributed by atoms with Crippen LogP contribution in [-0.2, 0) is 0 Å². The van der Waals surface area contributed by atoms with E-state index in [1.54, 1.807) is 0 Å². The van der Waals surface area contributed by atoms with E-state index in [1.165, 1.54) is 6.07 Å². The lowest BCUT2D eigenvalue weighted by Gasteiger charge is -2.06. The van der Waals surface area contributed by atoms with E-state index in [0.29, 0.717) is 12.4 Å². The molecule has 76 valence electrons. The predicted octanol–water partition coefficient (Wildman–Crippen LogP) is 3.02. The van der Waals surface area contributed by atoms with Crippen molar-refractivity contribution in [2.75, 3.05) is 12.3 Å². The highest BCUT2D eigenvalue weighted by Gasteiger charge is 2.06. The van der Waals surface area contributed by atoms with E-state index in [-0.39, 0.29) is 10.7 Å². The van der Waals surface area contributed by atoms with Crippen LogP contribution in [0.3, 0.4) is 0 Å². The molecule has 0 saturated heterocycles. The summed E-state index contributed by atoms with van der Waals surface area (Å²) in [5.41, 5.74) is 5.39. The Morgan fingerprint density at radius 3 is 2.93 bits per heavy atom. The molecule has 0 aliphatic rings. The predicted molar refractivity (Wildman–Crippen MR) is 56.1 cm³/mol. The van der Waals surface area contributed by atoms with Gasteiger partial charge in [-0.3, -0.25) is 0 Å². The Balaban J connectivity index is 2.81. The Bertz CT molecular complexity index is 352. The second-order valence-corrected chi connectivity index (χ2v) is 3.09. The van der Waals surface area contributed by atoms with E-state index in [1.807, 2.05) is 19.1 Å². The van der Waals surface area contributed by atoms with E-state index >= 15 is 0 Å². The summed E-state index contributed by atoms with van der Waals surface area (Å²) in [4.78, 5) is 0. The Labute approximate surface area is 87.1 Å². The van der Waals surface area contributed by atoms with Crippen LogP contribution < -0.4 is 10.5 Å². The second-order valence-electron chi connectivity index (χ2n) is 2.68. The Morgan fingerprint density at radius 2 is 2.29 bits per heavy atom. The first-order valence-electron chi connectivity index (χ1n) is 4.13. The molecule has 0 aliphatic carbocycles. The topological polar surface area (TPSA) is 35.2 Å². The largest absolute Gasteiger partial charge is 0.488 e. The normalized spacial score (nSPS) is 10.8. The molecule has 0 radical (unpaired) electrons. The lowest BCUT2D eigenvalue weighted by atomic mass is 10.3. The van der Waals surface area contributed by atoms with Crippen molar-refractivity contribution in [1.29, 1.82) is 0 Å². The number of ether oxygens (including phenoxy) is 1. The van der Waals surface area contributed by atoms with Crippen LogP contribution >= 0.6 is 11.6 Å². The zero-order valence-corrected chi connectivity index (χ0v) is 8.51. The minimum atomic E-state index is -0.534. The molecule has 0 saturated carbocycles. The van der Waals surface area contributed by atoms with Crippen LogP contribution in [0.5, 0.6) is 5.75 Å². The van der Waals surface area contributed by atoms with Crippen LogP contribution in [-0.4, -0.2) is 6.61 Å². The molecule has 0 bridgehead atoms. The van der Waals surface area contributed by atoms with Crippen molar-refractivity contribution in [2.24, 2.45) is 0 Å². The molecule has 0 fully saturated rings. The average Bonchev–Trinajstić information content (AvgIpc) is 2.14. The lowest BCUT2D eigenvalue weighted by molar-refractivity contribution is 0.362. The van der Waals surface area contributed by atoms with Gasteiger partial charge in [0.15, 0.2) is 0 Å². The minimum absolute atomic E-state index is 0.0323. The number of anilines is 1. The highest BCUT2D eigenvalue weighted by molar-refractivity contribution is 6.32. The fourth-order valence-electron chi connectivity index (χ4n) is 0.890. The summed E-state index contributed by atoms with van der Waals surface area (Å²) in [7, 11) is 0. The van der Waals surface area contributed by atoms with E-state index in [9.17, 15) is 4.39 Å². The van der Waals surface area contributed by atoms with E-state index < -0.39 is 5.82 Å². The maximum absolute atomic E-state index is 12.9. The number of rotatable bonds is 3. The first-order chi connectivity index (χ1) is 6.65. The molecule has 0 aromatic heterocycles. The third-order valence-electron chi connectivity index (χ3n) is 1.62. The molecule has 0 heterocycles. The zero-order valence-electron chi connectivity index (χ0n) is 7.76. The number of hydrogen-bond donors (Lipinski definition) is 1. The molecule has 1 rings (SSSR count). The van der Waals surface area contributed by atoms with Gasteiger partial charge in [-0.25, -0.2) is 4.39 Å². The van der Waals surface area contributed by atoms with Crippen molar-refractivity contribution in [3.8, 4) is 5.75 Å². The summed E-state index contributed by atoms with van der Waals surface area (Å²) in [5, 5.41) is 0.223. The first kappa shape index (κ1) is 10.9. The Hall–Kier alpha value is -1.22. The van der Waals surface area contributed by atoms with Gasteiger partial charge in [0, 0.05) is 6.07 Å². The highest BCUT2D eigenvalue weighted by atomic mass is 35.5. The Morgan fingerprint density at radius 1 is 1.57 bits per heavy atom. The maximum Gasteiger partial charge on any atom is 0.147 e. The van der Waals surface area contributed by atoms with Crippen LogP contribution in [0.15, 0.2) is 24.3 Å². The van der Waals surface area contributed by atoms with Gasteiger partial charge >= 0.3 is 0 Å². The molecule has 0 spiro atoms. The molecule has 1 aromatic carbocycles. The highest BCUT2D eigenvalue weighted by Crippen LogP contribution is 2.28. The summed E-state index contributed by atoms with van der Waals surface area (Å²) >= 11 is 5.74. The van der Waals surface area contributed by atoms with Gasteiger partial charge in [-0.05, 0) is 13.0 Å². The molecule has 14 heavy (non-hydrogen) atoms. The summed E-state index contributed by atoms with van der Waals surface area (Å²) < 4.78 is 18.1. The fraction of sp³-hybridized carbons (Fsp3) is 0.200. The summed E-state index contributed by atoms with van der Waals surface area (Å²) in [5.74, 6) is -0.142. The molecular formula is C10H11ClFNO. The van der Waals surface area contributed by atoms with Gasteiger partial charge in [-0.1, -0.05) is 23.8 Å². The van der Waals surface area contributed by atoms with E-state index in [4.69, 9.17) is 22.1 Å². The number of nitrogens with two attached hydrogens (primary N) is 1. The standard InChI is InChI=1S/C10H11ClFNO/c1-2-3-4-14-10-6-9(13)8(12)5-7(10)11/h2-3,5-6H,4,13H2,1H3. The van der Waals surface area contributed by atoms with Crippen LogP contribution in [0.25, 0.3) is 0 Å². The van der Waals surface area contributed by atoms with Gasteiger partial charge in [0.05, 0.1) is 10.7 Å². The monoisotopic (exact) mass is 215 g/mol. The first-order valence-corrected chi connectivity index (χ1v) is 4.51. The van der Waals surface area contributed by atoms with Gasteiger partial charge < -0.3 is 10.5 Å². The number of benzene rings is 1. The SMILES string of the molecule is CC=CCOc1cc(N)c(F)cc1Cl. The van der Waals surface area contributed by atoms with Gasteiger partial charge in [-0.2, -0.15) is 0 Å². The smallest absolute Gasteiger partial charge is 0.147 e. The van der Waals surface area contributed by atoms with E-state index in [2.05, 4.69) is 0 Å². The molecule has 2 nitrogen and oxygen atoms in total. The van der Waals surface area contributed by atoms with Crippen molar-refractivity contribution < 1.29 is 9.13 Å². The Kier molecular flexibility index (Phi) is 3.77. The van der Waals surface area contributed by atoms with Crippen molar-refractivity contribution >= 4 is 17.3 Å². The van der Waals surface area contributed by atoms with Crippen molar-refractivity contribution in [3.05, 3.63) is 35.1 Å². The summed E-state index contributed by atoms with van der Waals surface area (Å²) in [6, 6.07) is 2.52. The average molecular weight is 216 g/mol. The van der Waals surface area contributed by atoms with Crippen molar-refractivity contribution in [3.63, 3.8) is 0 Å². The molecule has 2 N–H and O–H groups in total. The number of hydrogen-bond acceptors (Lipinski definition) is 2. The van der Waals surface area contributed by atoms with Crippen LogP contribution in [0.4, 0.5) is 10.1 Å². The van der Waals surface area contributed by atoms with Crippen molar-refractivity contribution in [2.45, 2.75) is 6.92 Å². The summed E-state index contributed by atoms with van der Waals surface area (Å²) in [6.07, 6.45) is 3.66. The third-order valence-corrected chi connectivity index (χ3v) is 1.92. The molecule has 0 amide bonds. The molecule has 0 atom stereocenters. The maximum atomic E-state index is 12.9. The summed E-state index contributed by atoms with van der Waals surface area (Å²) in [6.45, 7) is 2.27. The van der Waals surface area contributed by atoms with Gasteiger partial charge in [0.2, 0.25) is 0 Å². The lowest BCUT2D eigenvalue weighted by Crippen LogP contribution is -1.97. The van der Waals surface area contributed by atoms with Gasteiger partial charge in [0.25, 0.3) is 0 Å². The molecule has 4 heteroatoms. The minimum Gasteiger partial charge on any atom is -0.488 e. The molecular weight excluding hydrogens is 205 g/mol. The van der Waals surface area contributed by atoms with E-state index in [0.717, 1.165) is 6.07 Å². The van der Waals surface area contributed by atoms with Crippen LogP contribution in [0, 0.1) is 5.82 Å². The quantitative estimate of drug-likeness (QED) is 0.622. The van der Waals surface area contributed by atoms with Gasteiger partial charge in [0.1, 0.15) is 18.2 Å². The third kappa shape index (κ3) is 2.64. The van der Waals surface area contributed by atoms with Crippen LogP contribution in [0.2, 0.25) is 5.02 Å². The van der Waals surface area contributed by atoms with Crippen molar-refractivity contribution in [1.82, 2.24) is 0 Å². The zero-order chi connectivity index (χ0) is 10.6. The number of allylic oxidation sites excluding steroid dienone is 1. The number of halogens is 2. The fourth-order valence-corrected chi connectivity index (χ4v) is 1.09. The molecule has 0 aliphatic heterocycles. The molecule has 1 aromatic rings. The van der Waals surface area contributed by atoms with Gasteiger partial charge in [-0.15, -0.1) is 0 Å².